The zero-order valence-corrected chi connectivity index (χ0v) is 12.6. The standard InChI is InChI=1S/C15H26N2O3/c1-12-11-13(18)16-15(7-3-4-8-15)14(19)17(12)9-5-6-10-20-2/h12H,3-11H2,1-2H3,(H,16,18). The molecule has 1 aliphatic carbocycles. The number of hydrogen-bond acceptors (Lipinski definition) is 3. The molecule has 1 unspecified atom stereocenters. The Labute approximate surface area is 121 Å². The van der Waals surface area contributed by atoms with E-state index in [1.807, 2.05) is 11.8 Å². The third-order valence-corrected chi connectivity index (χ3v) is 4.52. The van der Waals surface area contributed by atoms with Crippen LogP contribution in [0.3, 0.4) is 0 Å². The topological polar surface area (TPSA) is 58.6 Å². The fraction of sp³-hybridized carbons (Fsp3) is 0.867. The minimum atomic E-state index is -0.608. The van der Waals surface area contributed by atoms with Crippen LogP contribution < -0.4 is 5.32 Å². The summed E-state index contributed by atoms with van der Waals surface area (Å²) in [6.07, 6.45) is 5.92. The first kappa shape index (κ1) is 15.3. The number of amides is 2. The van der Waals surface area contributed by atoms with Crippen LogP contribution in [0.15, 0.2) is 0 Å². The van der Waals surface area contributed by atoms with Crippen molar-refractivity contribution in [2.24, 2.45) is 0 Å². The Morgan fingerprint density at radius 3 is 2.65 bits per heavy atom. The van der Waals surface area contributed by atoms with Crippen LogP contribution in [0.2, 0.25) is 0 Å². The van der Waals surface area contributed by atoms with E-state index in [-0.39, 0.29) is 17.9 Å². The van der Waals surface area contributed by atoms with Gasteiger partial charge in [0.2, 0.25) is 11.8 Å². The largest absolute Gasteiger partial charge is 0.385 e. The molecule has 1 aliphatic heterocycles. The molecule has 2 rings (SSSR count). The molecule has 0 aromatic rings. The Kier molecular flexibility index (Phi) is 5.02. The quantitative estimate of drug-likeness (QED) is 0.777. The molecular weight excluding hydrogens is 256 g/mol. The summed E-state index contributed by atoms with van der Waals surface area (Å²) in [6.45, 7) is 3.42. The molecule has 1 N–H and O–H groups in total. The minimum Gasteiger partial charge on any atom is -0.385 e. The van der Waals surface area contributed by atoms with Gasteiger partial charge in [0.05, 0.1) is 0 Å². The first-order valence-corrected chi connectivity index (χ1v) is 7.70. The molecule has 114 valence electrons. The number of unbranched alkanes of at least 4 members (excludes halogenated alkanes) is 1. The molecule has 0 aromatic heterocycles. The second-order valence-electron chi connectivity index (χ2n) is 6.09. The second-order valence-corrected chi connectivity index (χ2v) is 6.09. The molecule has 2 fully saturated rings. The summed E-state index contributed by atoms with van der Waals surface area (Å²) in [6, 6.07) is -0.00924. The molecule has 5 nitrogen and oxygen atoms in total. The number of hydrogen-bond donors (Lipinski definition) is 1. The highest BCUT2D eigenvalue weighted by Gasteiger charge is 2.47. The van der Waals surface area contributed by atoms with Crippen molar-refractivity contribution in [3.63, 3.8) is 0 Å². The van der Waals surface area contributed by atoms with Crippen LogP contribution in [-0.2, 0) is 14.3 Å². The lowest BCUT2D eigenvalue weighted by Gasteiger charge is -2.34. The Hall–Kier alpha value is -1.10. The Balaban J connectivity index is 2.07. The lowest BCUT2D eigenvalue weighted by molar-refractivity contribution is -0.140. The summed E-state index contributed by atoms with van der Waals surface area (Å²) < 4.78 is 5.05. The minimum absolute atomic E-state index is 0.00924. The highest BCUT2D eigenvalue weighted by Crippen LogP contribution is 2.34. The monoisotopic (exact) mass is 282 g/mol. The molecule has 0 bridgehead atoms. The van der Waals surface area contributed by atoms with E-state index in [1.54, 1.807) is 7.11 Å². The van der Waals surface area contributed by atoms with Gasteiger partial charge in [0, 0.05) is 32.7 Å². The zero-order chi connectivity index (χ0) is 14.6. The van der Waals surface area contributed by atoms with E-state index >= 15 is 0 Å². The maximum absolute atomic E-state index is 12.9. The number of rotatable bonds is 5. The number of carbonyl (C=O) groups excluding carboxylic acids is 2. The fourth-order valence-electron chi connectivity index (χ4n) is 3.39. The molecular formula is C15H26N2O3. The van der Waals surface area contributed by atoms with Gasteiger partial charge in [0.25, 0.3) is 0 Å². The molecule has 1 saturated heterocycles. The number of ether oxygens (including phenoxy) is 1. The molecule has 2 amide bonds. The number of methoxy groups -OCH3 is 1. The normalized spacial score (nSPS) is 25.9. The highest BCUT2D eigenvalue weighted by molar-refractivity contribution is 5.94. The van der Waals surface area contributed by atoms with Gasteiger partial charge in [-0.3, -0.25) is 9.59 Å². The van der Waals surface area contributed by atoms with E-state index < -0.39 is 5.54 Å². The lowest BCUT2D eigenvalue weighted by atomic mass is 9.95. The van der Waals surface area contributed by atoms with Gasteiger partial charge in [-0.2, -0.15) is 0 Å². The van der Waals surface area contributed by atoms with Crippen LogP contribution in [-0.4, -0.2) is 48.6 Å². The van der Waals surface area contributed by atoms with Crippen LogP contribution in [0.1, 0.15) is 51.9 Å². The fourth-order valence-corrected chi connectivity index (χ4v) is 3.39. The molecule has 1 spiro atoms. The summed E-state index contributed by atoms with van der Waals surface area (Å²) in [7, 11) is 1.69. The molecule has 0 aromatic carbocycles. The lowest BCUT2D eigenvalue weighted by Crippen LogP contribution is -2.56. The Bertz CT molecular complexity index is 364. The van der Waals surface area contributed by atoms with Gasteiger partial charge >= 0.3 is 0 Å². The van der Waals surface area contributed by atoms with Crippen molar-refractivity contribution >= 4 is 11.8 Å². The summed E-state index contributed by atoms with van der Waals surface area (Å²) in [5.41, 5.74) is -0.608. The zero-order valence-electron chi connectivity index (χ0n) is 12.6. The van der Waals surface area contributed by atoms with E-state index in [4.69, 9.17) is 4.74 Å². The first-order valence-electron chi connectivity index (χ1n) is 7.70. The van der Waals surface area contributed by atoms with Gasteiger partial charge in [0.15, 0.2) is 0 Å². The van der Waals surface area contributed by atoms with Gasteiger partial charge in [0.1, 0.15) is 5.54 Å². The summed E-state index contributed by atoms with van der Waals surface area (Å²) in [5, 5.41) is 3.01. The number of nitrogens with one attached hydrogen (secondary N) is 1. The average Bonchev–Trinajstić information content (AvgIpc) is 2.84. The average molecular weight is 282 g/mol. The van der Waals surface area contributed by atoms with Crippen molar-refractivity contribution in [2.75, 3.05) is 20.3 Å². The maximum atomic E-state index is 12.9. The molecule has 2 aliphatic rings. The predicted octanol–water partition coefficient (Wildman–Crippen LogP) is 1.46. The number of nitrogens with zero attached hydrogens (tertiary/aromatic N) is 1. The Morgan fingerprint density at radius 1 is 1.30 bits per heavy atom. The highest BCUT2D eigenvalue weighted by atomic mass is 16.5. The van der Waals surface area contributed by atoms with Crippen molar-refractivity contribution in [1.82, 2.24) is 10.2 Å². The van der Waals surface area contributed by atoms with Crippen molar-refractivity contribution in [1.29, 1.82) is 0 Å². The van der Waals surface area contributed by atoms with Crippen LogP contribution in [0.5, 0.6) is 0 Å². The predicted molar refractivity (Wildman–Crippen MR) is 76.2 cm³/mol. The Morgan fingerprint density at radius 2 is 2.00 bits per heavy atom. The van der Waals surface area contributed by atoms with Crippen LogP contribution >= 0.6 is 0 Å². The SMILES string of the molecule is COCCCCN1C(=O)C2(CCCC2)NC(=O)CC1C. The second kappa shape index (κ2) is 6.57. The third kappa shape index (κ3) is 3.14. The molecule has 0 radical (unpaired) electrons. The van der Waals surface area contributed by atoms with Crippen molar-refractivity contribution in [3.8, 4) is 0 Å². The molecule has 1 heterocycles. The van der Waals surface area contributed by atoms with E-state index in [1.165, 1.54) is 0 Å². The summed E-state index contributed by atoms with van der Waals surface area (Å²) in [4.78, 5) is 26.8. The van der Waals surface area contributed by atoms with Crippen molar-refractivity contribution < 1.29 is 14.3 Å². The summed E-state index contributed by atoms with van der Waals surface area (Å²) in [5.74, 6) is 0.151. The van der Waals surface area contributed by atoms with E-state index in [0.717, 1.165) is 51.7 Å². The molecule has 1 saturated carbocycles. The van der Waals surface area contributed by atoms with E-state index in [0.29, 0.717) is 6.42 Å². The third-order valence-electron chi connectivity index (χ3n) is 4.52. The van der Waals surface area contributed by atoms with Gasteiger partial charge in [-0.25, -0.2) is 0 Å². The smallest absolute Gasteiger partial charge is 0.248 e. The van der Waals surface area contributed by atoms with Crippen LogP contribution in [0.25, 0.3) is 0 Å². The van der Waals surface area contributed by atoms with E-state index in [2.05, 4.69) is 5.32 Å². The van der Waals surface area contributed by atoms with Gasteiger partial charge in [-0.1, -0.05) is 12.8 Å². The van der Waals surface area contributed by atoms with Crippen LogP contribution in [0, 0.1) is 0 Å². The van der Waals surface area contributed by atoms with Crippen molar-refractivity contribution in [3.05, 3.63) is 0 Å². The maximum Gasteiger partial charge on any atom is 0.248 e. The molecule has 1 atom stereocenters. The molecule has 20 heavy (non-hydrogen) atoms. The first-order chi connectivity index (χ1) is 9.59. The van der Waals surface area contributed by atoms with Gasteiger partial charge in [-0.15, -0.1) is 0 Å². The summed E-state index contributed by atoms with van der Waals surface area (Å²) >= 11 is 0. The van der Waals surface area contributed by atoms with Crippen molar-refractivity contribution in [2.45, 2.75) is 63.5 Å². The molecule has 5 heteroatoms. The van der Waals surface area contributed by atoms with Gasteiger partial charge < -0.3 is 15.0 Å². The van der Waals surface area contributed by atoms with Crippen LogP contribution in [0.4, 0.5) is 0 Å². The van der Waals surface area contributed by atoms with Gasteiger partial charge in [-0.05, 0) is 32.6 Å². The number of carbonyl (C=O) groups is 2. The van der Waals surface area contributed by atoms with E-state index in [9.17, 15) is 9.59 Å².